The summed E-state index contributed by atoms with van der Waals surface area (Å²) in [6.45, 7) is 4.70. The first kappa shape index (κ1) is 14.7. The molecule has 1 fully saturated rings. The normalized spacial score (nSPS) is 20.9. The second kappa shape index (κ2) is 6.19. The zero-order valence-corrected chi connectivity index (χ0v) is 11.9. The van der Waals surface area contributed by atoms with E-state index in [1.807, 2.05) is 13.0 Å². The van der Waals surface area contributed by atoms with Crippen LogP contribution in [-0.4, -0.2) is 36.1 Å². The number of nitrogens with two attached hydrogens (primary N) is 1. The van der Waals surface area contributed by atoms with Gasteiger partial charge in [0.1, 0.15) is 0 Å². The maximum atomic E-state index is 11.0. The predicted molar refractivity (Wildman–Crippen MR) is 76.7 cm³/mol. The van der Waals surface area contributed by atoms with Crippen molar-refractivity contribution in [3.63, 3.8) is 0 Å². The molecule has 110 valence electrons. The lowest BCUT2D eigenvalue weighted by Crippen LogP contribution is -2.29. The van der Waals surface area contributed by atoms with Gasteiger partial charge in [-0.05, 0) is 37.4 Å². The van der Waals surface area contributed by atoms with E-state index in [2.05, 4.69) is 4.90 Å². The number of likely N-dealkylation sites (tertiary alicyclic amines) is 1. The first-order chi connectivity index (χ1) is 9.51. The quantitative estimate of drug-likeness (QED) is 0.656. The summed E-state index contributed by atoms with van der Waals surface area (Å²) in [5.41, 5.74) is 6.88. The van der Waals surface area contributed by atoms with Crippen molar-refractivity contribution >= 4 is 5.69 Å². The highest BCUT2D eigenvalue weighted by atomic mass is 16.6. The number of hydrogen-bond acceptors (Lipinski definition) is 5. The van der Waals surface area contributed by atoms with Gasteiger partial charge >= 0.3 is 5.69 Å². The van der Waals surface area contributed by atoms with E-state index < -0.39 is 4.92 Å². The number of rotatable bonds is 5. The van der Waals surface area contributed by atoms with Crippen molar-refractivity contribution in [1.29, 1.82) is 0 Å². The Morgan fingerprint density at radius 3 is 2.90 bits per heavy atom. The highest BCUT2D eigenvalue weighted by molar-refractivity contribution is 5.48. The van der Waals surface area contributed by atoms with Crippen molar-refractivity contribution in [1.82, 2.24) is 4.90 Å². The lowest BCUT2D eigenvalue weighted by Gasteiger charge is -2.18. The molecule has 2 N–H and O–H groups in total. The van der Waals surface area contributed by atoms with Crippen molar-refractivity contribution in [2.45, 2.75) is 25.9 Å². The Labute approximate surface area is 118 Å². The summed E-state index contributed by atoms with van der Waals surface area (Å²) in [5.74, 6) is 0.817. The predicted octanol–water partition coefficient (Wildman–Crippen LogP) is 1.77. The summed E-state index contributed by atoms with van der Waals surface area (Å²) in [5, 5.41) is 11.0. The second-order valence-electron chi connectivity index (χ2n) is 5.41. The number of methoxy groups -OCH3 is 1. The van der Waals surface area contributed by atoms with Crippen LogP contribution in [0.4, 0.5) is 5.69 Å². The minimum absolute atomic E-state index is 0.0212. The Morgan fingerprint density at radius 2 is 2.35 bits per heavy atom. The number of benzene rings is 1. The third kappa shape index (κ3) is 3.26. The van der Waals surface area contributed by atoms with E-state index in [0.29, 0.717) is 18.2 Å². The van der Waals surface area contributed by atoms with Crippen LogP contribution in [0.5, 0.6) is 5.75 Å². The van der Waals surface area contributed by atoms with E-state index >= 15 is 0 Å². The molecular weight excluding hydrogens is 258 g/mol. The minimum Gasteiger partial charge on any atom is -0.490 e. The number of nitro groups is 1. The van der Waals surface area contributed by atoms with Crippen LogP contribution in [0.3, 0.4) is 0 Å². The summed E-state index contributed by atoms with van der Waals surface area (Å²) < 4.78 is 5.01. The molecule has 6 nitrogen and oxygen atoms in total. The third-order valence-electron chi connectivity index (χ3n) is 3.90. The first-order valence-corrected chi connectivity index (χ1v) is 6.80. The highest BCUT2D eigenvalue weighted by Crippen LogP contribution is 2.29. The molecule has 0 radical (unpaired) electrons. The highest BCUT2D eigenvalue weighted by Gasteiger charge is 2.25. The van der Waals surface area contributed by atoms with E-state index in [9.17, 15) is 10.1 Å². The van der Waals surface area contributed by atoms with E-state index in [0.717, 1.165) is 25.1 Å². The molecule has 1 aliphatic heterocycles. The van der Waals surface area contributed by atoms with Crippen molar-refractivity contribution in [3.8, 4) is 5.75 Å². The zero-order chi connectivity index (χ0) is 14.7. The zero-order valence-electron chi connectivity index (χ0n) is 11.9. The number of nitro benzene ring substituents is 1. The van der Waals surface area contributed by atoms with Gasteiger partial charge in [-0.2, -0.15) is 0 Å². The molecule has 2 rings (SSSR count). The molecule has 1 saturated heterocycles. The van der Waals surface area contributed by atoms with Crippen LogP contribution in [0, 0.1) is 16.0 Å². The van der Waals surface area contributed by atoms with E-state index in [1.165, 1.54) is 7.11 Å². The van der Waals surface area contributed by atoms with Crippen LogP contribution < -0.4 is 10.5 Å². The maximum Gasteiger partial charge on any atom is 0.311 e. The van der Waals surface area contributed by atoms with Crippen molar-refractivity contribution in [2.24, 2.45) is 11.7 Å². The van der Waals surface area contributed by atoms with Gasteiger partial charge in [-0.15, -0.1) is 0 Å². The van der Waals surface area contributed by atoms with Crippen LogP contribution in [0.15, 0.2) is 18.2 Å². The van der Waals surface area contributed by atoms with Crippen LogP contribution in [0.1, 0.15) is 18.9 Å². The van der Waals surface area contributed by atoms with Gasteiger partial charge in [-0.1, -0.05) is 6.07 Å². The SMILES string of the molecule is COc1ccc(CN2CCC(C(C)N)C2)cc1[N+](=O)[O-]. The fourth-order valence-electron chi connectivity index (χ4n) is 2.67. The molecule has 0 spiro atoms. The van der Waals surface area contributed by atoms with Gasteiger partial charge in [0, 0.05) is 25.2 Å². The summed E-state index contributed by atoms with van der Waals surface area (Å²) in [6, 6.07) is 5.33. The number of ether oxygens (including phenoxy) is 1. The molecule has 1 heterocycles. The van der Waals surface area contributed by atoms with Crippen molar-refractivity contribution in [2.75, 3.05) is 20.2 Å². The molecule has 1 aromatic rings. The van der Waals surface area contributed by atoms with Gasteiger partial charge in [-0.25, -0.2) is 0 Å². The number of hydrogen-bond donors (Lipinski definition) is 1. The van der Waals surface area contributed by atoms with Gasteiger partial charge in [0.05, 0.1) is 12.0 Å². The number of nitrogens with zero attached hydrogens (tertiary/aromatic N) is 2. The summed E-state index contributed by atoms with van der Waals surface area (Å²) in [7, 11) is 1.44. The van der Waals surface area contributed by atoms with E-state index in [1.54, 1.807) is 12.1 Å². The average molecular weight is 279 g/mol. The minimum atomic E-state index is -0.406. The standard InChI is InChI=1S/C14H21N3O3/c1-10(15)12-5-6-16(9-12)8-11-3-4-14(20-2)13(7-11)17(18)19/h3-4,7,10,12H,5-6,8-9,15H2,1-2H3. The second-order valence-corrected chi connectivity index (χ2v) is 5.41. The average Bonchev–Trinajstić information content (AvgIpc) is 2.87. The Bertz CT molecular complexity index is 491. The Kier molecular flexibility index (Phi) is 4.57. The fourth-order valence-corrected chi connectivity index (χ4v) is 2.67. The molecule has 0 saturated carbocycles. The molecule has 6 heteroatoms. The summed E-state index contributed by atoms with van der Waals surface area (Å²) >= 11 is 0. The Hall–Kier alpha value is -1.66. The van der Waals surface area contributed by atoms with Crippen molar-refractivity contribution in [3.05, 3.63) is 33.9 Å². The molecule has 2 unspecified atom stereocenters. The monoisotopic (exact) mass is 279 g/mol. The van der Waals surface area contributed by atoms with Crippen molar-refractivity contribution < 1.29 is 9.66 Å². The third-order valence-corrected chi connectivity index (χ3v) is 3.90. The van der Waals surface area contributed by atoms with Gasteiger partial charge in [0.2, 0.25) is 0 Å². The Balaban J connectivity index is 2.07. The van der Waals surface area contributed by atoms with Gasteiger partial charge < -0.3 is 10.5 Å². The molecule has 0 aliphatic carbocycles. The maximum absolute atomic E-state index is 11.0. The molecule has 1 aromatic carbocycles. The first-order valence-electron chi connectivity index (χ1n) is 6.80. The fraction of sp³-hybridized carbons (Fsp3) is 0.571. The molecule has 0 bridgehead atoms. The van der Waals surface area contributed by atoms with Crippen LogP contribution in [0.2, 0.25) is 0 Å². The molecule has 0 aromatic heterocycles. The largest absolute Gasteiger partial charge is 0.490 e. The Morgan fingerprint density at radius 1 is 1.60 bits per heavy atom. The van der Waals surface area contributed by atoms with E-state index in [-0.39, 0.29) is 11.7 Å². The summed E-state index contributed by atoms with van der Waals surface area (Å²) in [6.07, 6.45) is 1.09. The van der Waals surface area contributed by atoms with Gasteiger partial charge in [0.25, 0.3) is 0 Å². The smallest absolute Gasteiger partial charge is 0.311 e. The summed E-state index contributed by atoms with van der Waals surface area (Å²) in [4.78, 5) is 12.9. The molecular formula is C14H21N3O3. The lowest BCUT2D eigenvalue weighted by atomic mass is 10.0. The molecule has 1 aliphatic rings. The van der Waals surface area contributed by atoms with Gasteiger partial charge in [-0.3, -0.25) is 15.0 Å². The molecule has 2 atom stereocenters. The molecule has 0 amide bonds. The van der Waals surface area contributed by atoms with Crippen LogP contribution in [-0.2, 0) is 6.54 Å². The lowest BCUT2D eigenvalue weighted by molar-refractivity contribution is -0.385. The van der Waals surface area contributed by atoms with Crippen LogP contribution in [0.25, 0.3) is 0 Å². The van der Waals surface area contributed by atoms with E-state index in [4.69, 9.17) is 10.5 Å². The van der Waals surface area contributed by atoms with Crippen LogP contribution >= 0.6 is 0 Å². The van der Waals surface area contributed by atoms with Gasteiger partial charge in [0.15, 0.2) is 5.75 Å². The topological polar surface area (TPSA) is 81.6 Å². The molecule has 20 heavy (non-hydrogen) atoms.